The number of benzene rings is 2. The molecule has 5 nitrogen and oxygen atoms in total. The van der Waals surface area contributed by atoms with Gasteiger partial charge in [-0.25, -0.2) is 0 Å². The van der Waals surface area contributed by atoms with Gasteiger partial charge in [0.25, 0.3) is 5.69 Å². The molecule has 0 aliphatic carbocycles. The molecule has 2 rings (SSSR count). The van der Waals surface area contributed by atoms with Crippen LogP contribution >= 0.6 is 0 Å². The molecule has 1 N–H and O–H groups in total. The maximum atomic E-state index is 11.0. The number of hydrogen-bond donors (Lipinski definition) is 1. The van der Waals surface area contributed by atoms with Gasteiger partial charge in [0.2, 0.25) is 0 Å². The molecule has 0 radical (unpaired) electrons. The summed E-state index contributed by atoms with van der Waals surface area (Å²) < 4.78 is 0. The molecule has 0 aromatic heterocycles. The van der Waals surface area contributed by atoms with Gasteiger partial charge in [-0.2, -0.15) is 0 Å². The number of fused-ring (bicyclic) bond motifs is 1. The first-order valence-electron chi connectivity index (χ1n) is 6.00. The molecule has 2 aromatic carbocycles. The van der Waals surface area contributed by atoms with Gasteiger partial charge in [0.05, 0.1) is 10.3 Å². The summed E-state index contributed by atoms with van der Waals surface area (Å²) in [6.45, 7) is 1.89. The third-order valence-electron chi connectivity index (χ3n) is 2.95. The first-order valence-corrected chi connectivity index (χ1v) is 6.00. The van der Waals surface area contributed by atoms with Crippen molar-refractivity contribution in [3.8, 4) is 0 Å². The minimum atomic E-state index is -0.388. The number of non-ortho nitro benzene ring substituents is 1. The molecule has 0 unspecified atom stereocenters. The van der Waals surface area contributed by atoms with E-state index in [0.717, 1.165) is 17.4 Å². The van der Waals surface area contributed by atoms with Crippen LogP contribution in [-0.4, -0.2) is 17.3 Å². The standard InChI is InChI=1S/C14H14N2O3/c1-10(8-9-17)15-13-6-7-14(16(18)19)12-5-3-2-4-11(12)13/h2-7,9-10,15H,8H2,1H3/t10-/m0/s1. The Balaban J connectivity index is 2.49. The Kier molecular flexibility index (Phi) is 3.75. The van der Waals surface area contributed by atoms with E-state index in [1.165, 1.54) is 6.07 Å². The molecule has 0 bridgehead atoms. The predicted molar refractivity (Wildman–Crippen MR) is 74.4 cm³/mol. The molecule has 0 heterocycles. The number of aldehydes is 1. The van der Waals surface area contributed by atoms with Crippen LogP contribution < -0.4 is 5.32 Å². The highest BCUT2D eigenvalue weighted by molar-refractivity contribution is 5.99. The fraction of sp³-hybridized carbons (Fsp3) is 0.214. The van der Waals surface area contributed by atoms with Crippen LogP contribution in [0.3, 0.4) is 0 Å². The molecule has 0 aliphatic rings. The van der Waals surface area contributed by atoms with Gasteiger partial charge < -0.3 is 10.1 Å². The third kappa shape index (κ3) is 2.70. The number of rotatable bonds is 5. The Hall–Kier alpha value is -2.43. The van der Waals surface area contributed by atoms with Gasteiger partial charge in [-0.15, -0.1) is 0 Å². The van der Waals surface area contributed by atoms with Crippen LogP contribution in [0.5, 0.6) is 0 Å². The molecular weight excluding hydrogens is 244 g/mol. The number of anilines is 1. The summed E-state index contributed by atoms with van der Waals surface area (Å²) in [5.41, 5.74) is 0.889. The quantitative estimate of drug-likeness (QED) is 0.508. The lowest BCUT2D eigenvalue weighted by atomic mass is 10.1. The summed E-state index contributed by atoms with van der Waals surface area (Å²) >= 11 is 0. The van der Waals surface area contributed by atoms with Gasteiger partial charge in [-0.05, 0) is 19.1 Å². The number of carbonyl (C=O) groups excluding carboxylic acids is 1. The largest absolute Gasteiger partial charge is 0.382 e. The van der Waals surface area contributed by atoms with Crippen molar-refractivity contribution in [3.63, 3.8) is 0 Å². The lowest BCUT2D eigenvalue weighted by Crippen LogP contribution is -2.15. The second kappa shape index (κ2) is 5.48. The molecule has 0 aliphatic heterocycles. The van der Waals surface area contributed by atoms with Crippen LogP contribution in [0.4, 0.5) is 11.4 Å². The summed E-state index contributed by atoms with van der Waals surface area (Å²) in [5, 5.41) is 15.6. The van der Waals surface area contributed by atoms with Crippen LogP contribution in [0, 0.1) is 10.1 Å². The van der Waals surface area contributed by atoms with E-state index in [1.54, 1.807) is 18.2 Å². The number of nitro groups is 1. The SMILES string of the molecule is C[C@@H](CC=O)Nc1ccc([N+](=O)[O-])c2ccccc12. The average Bonchev–Trinajstić information content (AvgIpc) is 2.39. The van der Waals surface area contributed by atoms with E-state index in [1.807, 2.05) is 19.1 Å². The van der Waals surface area contributed by atoms with E-state index in [2.05, 4.69) is 5.32 Å². The van der Waals surface area contributed by atoms with Gasteiger partial charge in [-0.3, -0.25) is 10.1 Å². The van der Waals surface area contributed by atoms with Crippen molar-refractivity contribution >= 4 is 28.4 Å². The molecule has 98 valence electrons. The summed E-state index contributed by atoms with van der Waals surface area (Å²) in [5.74, 6) is 0. The Morgan fingerprint density at radius 1 is 1.26 bits per heavy atom. The second-order valence-corrected chi connectivity index (χ2v) is 4.38. The fourth-order valence-electron chi connectivity index (χ4n) is 2.04. The van der Waals surface area contributed by atoms with Gasteiger partial charge >= 0.3 is 0 Å². The summed E-state index contributed by atoms with van der Waals surface area (Å²) in [6.07, 6.45) is 1.25. The predicted octanol–water partition coefficient (Wildman–Crippen LogP) is 3.14. The fourth-order valence-corrected chi connectivity index (χ4v) is 2.04. The van der Waals surface area contributed by atoms with E-state index < -0.39 is 0 Å². The molecule has 19 heavy (non-hydrogen) atoms. The summed E-state index contributed by atoms with van der Waals surface area (Å²) in [6, 6.07) is 10.3. The summed E-state index contributed by atoms with van der Waals surface area (Å²) in [7, 11) is 0. The maximum Gasteiger partial charge on any atom is 0.277 e. The smallest absolute Gasteiger partial charge is 0.277 e. The number of carbonyl (C=O) groups is 1. The van der Waals surface area contributed by atoms with Crippen LogP contribution in [0.1, 0.15) is 13.3 Å². The molecular formula is C14H14N2O3. The van der Waals surface area contributed by atoms with Crippen molar-refractivity contribution in [2.75, 3.05) is 5.32 Å². The van der Waals surface area contributed by atoms with E-state index >= 15 is 0 Å². The van der Waals surface area contributed by atoms with E-state index in [-0.39, 0.29) is 16.7 Å². The highest BCUT2D eigenvalue weighted by Gasteiger charge is 2.14. The van der Waals surface area contributed by atoms with Crippen molar-refractivity contribution < 1.29 is 9.72 Å². The zero-order valence-corrected chi connectivity index (χ0v) is 10.5. The van der Waals surface area contributed by atoms with Crippen LogP contribution in [0.25, 0.3) is 10.8 Å². The minimum Gasteiger partial charge on any atom is -0.382 e. The molecule has 0 spiro atoms. The molecule has 0 fully saturated rings. The molecule has 0 amide bonds. The first kappa shape index (κ1) is 13.0. The lowest BCUT2D eigenvalue weighted by Gasteiger charge is -2.14. The van der Waals surface area contributed by atoms with E-state index in [0.29, 0.717) is 11.8 Å². The Morgan fingerprint density at radius 2 is 1.95 bits per heavy atom. The molecule has 0 saturated carbocycles. The van der Waals surface area contributed by atoms with Crippen molar-refractivity contribution in [3.05, 3.63) is 46.5 Å². The Morgan fingerprint density at radius 3 is 2.58 bits per heavy atom. The topological polar surface area (TPSA) is 72.2 Å². The average molecular weight is 258 g/mol. The molecule has 2 aromatic rings. The third-order valence-corrected chi connectivity index (χ3v) is 2.95. The van der Waals surface area contributed by atoms with Gasteiger partial charge in [0.15, 0.2) is 0 Å². The molecule has 1 atom stereocenters. The van der Waals surface area contributed by atoms with Crippen molar-refractivity contribution in [2.24, 2.45) is 0 Å². The first-order chi connectivity index (χ1) is 9.13. The normalized spacial score (nSPS) is 12.1. The Bertz CT molecular complexity index is 625. The summed E-state index contributed by atoms with van der Waals surface area (Å²) in [4.78, 5) is 21.1. The maximum absolute atomic E-state index is 11.0. The Labute approximate surface area is 110 Å². The highest BCUT2D eigenvalue weighted by atomic mass is 16.6. The lowest BCUT2D eigenvalue weighted by molar-refractivity contribution is -0.383. The van der Waals surface area contributed by atoms with Gasteiger partial charge in [-0.1, -0.05) is 18.2 Å². The van der Waals surface area contributed by atoms with Crippen LogP contribution in [0.2, 0.25) is 0 Å². The van der Waals surface area contributed by atoms with E-state index in [4.69, 9.17) is 0 Å². The van der Waals surface area contributed by atoms with Crippen molar-refractivity contribution in [2.45, 2.75) is 19.4 Å². The molecule has 0 saturated heterocycles. The zero-order chi connectivity index (χ0) is 13.8. The van der Waals surface area contributed by atoms with Crippen molar-refractivity contribution in [1.82, 2.24) is 0 Å². The second-order valence-electron chi connectivity index (χ2n) is 4.38. The number of nitro benzene ring substituents is 1. The number of nitrogens with zero attached hydrogens (tertiary/aromatic N) is 1. The van der Waals surface area contributed by atoms with Gasteiger partial charge in [0.1, 0.15) is 6.29 Å². The number of hydrogen-bond acceptors (Lipinski definition) is 4. The molecule has 5 heteroatoms. The van der Waals surface area contributed by atoms with Crippen LogP contribution in [-0.2, 0) is 4.79 Å². The van der Waals surface area contributed by atoms with E-state index in [9.17, 15) is 14.9 Å². The zero-order valence-electron chi connectivity index (χ0n) is 10.5. The minimum absolute atomic E-state index is 0.0117. The van der Waals surface area contributed by atoms with Crippen molar-refractivity contribution in [1.29, 1.82) is 0 Å². The van der Waals surface area contributed by atoms with Gasteiger partial charge in [0, 0.05) is 29.6 Å². The van der Waals surface area contributed by atoms with Crippen LogP contribution in [0.15, 0.2) is 36.4 Å². The highest BCUT2D eigenvalue weighted by Crippen LogP contribution is 2.31. The monoisotopic (exact) mass is 258 g/mol. The number of nitrogens with one attached hydrogen (secondary N) is 1.